The number of nitrogens with one attached hydrogen (secondary N) is 2. The number of aryl methyl sites for hydroxylation is 2. The number of aliphatic imine (C=N–C) groups is 1. The molecule has 2 N–H and O–H groups in total. The predicted molar refractivity (Wildman–Crippen MR) is 184 cm³/mol. The molecule has 2 aliphatic heterocycles. The fraction of sp³-hybridized carbons (Fsp3) is 0.361. The molecule has 0 radical (unpaired) electrons. The quantitative estimate of drug-likeness (QED) is 0.159. The summed E-state index contributed by atoms with van der Waals surface area (Å²) < 4.78 is 14.7. The molecule has 2 aromatic rings. The first-order valence-electron chi connectivity index (χ1n) is 15.5. The predicted octanol–water partition coefficient (Wildman–Crippen LogP) is 7.58. The average Bonchev–Trinajstić information content (AvgIpc) is 3.04. The second kappa shape index (κ2) is 15.9. The number of hydrogen-bond acceptors (Lipinski definition) is 6. The molecular formula is C36H47N6O2+. The maximum Gasteiger partial charge on any atom is 0.248 e. The second-order valence-electron chi connectivity index (χ2n) is 10.8. The van der Waals surface area contributed by atoms with Gasteiger partial charge in [-0.1, -0.05) is 32.4 Å². The molecule has 0 bridgehead atoms. The van der Waals surface area contributed by atoms with Gasteiger partial charge in [-0.25, -0.2) is 10.0 Å². The topological polar surface area (TPSA) is 73.5 Å². The second-order valence-corrected chi connectivity index (χ2v) is 10.8. The van der Waals surface area contributed by atoms with Gasteiger partial charge in [-0.2, -0.15) is 9.68 Å². The summed E-state index contributed by atoms with van der Waals surface area (Å²) in [5, 5.41) is 13.3. The number of hydrogen-bond donors (Lipinski definition) is 2. The van der Waals surface area contributed by atoms with Crippen LogP contribution in [0.4, 0.5) is 11.4 Å². The first kappa shape index (κ1) is 32.5. The highest BCUT2D eigenvalue weighted by molar-refractivity contribution is 6.12. The number of rotatable bonds is 11. The molecule has 8 nitrogen and oxygen atoms in total. The molecule has 0 fully saturated rings. The van der Waals surface area contributed by atoms with Crippen molar-refractivity contribution in [1.82, 2.24) is 10.3 Å². The van der Waals surface area contributed by atoms with Crippen molar-refractivity contribution >= 4 is 29.6 Å². The molecule has 0 saturated carbocycles. The van der Waals surface area contributed by atoms with Gasteiger partial charge in [0.05, 0.1) is 31.5 Å². The number of anilines is 1. The molecule has 2 aliphatic rings. The van der Waals surface area contributed by atoms with Gasteiger partial charge >= 0.3 is 0 Å². The van der Waals surface area contributed by atoms with Crippen molar-refractivity contribution in [3.63, 3.8) is 0 Å². The van der Waals surface area contributed by atoms with Gasteiger partial charge in [0.1, 0.15) is 17.3 Å². The van der Waals surface area contributed by atoms with E-state index in [0.29, 0.717) is 0 Å². The number of methoxy groups -OCH3 is 1. The highest BCUT2D eigenvalue weighted by Gasteiger charge is 2.25. The third-order valence-corrected chi connectivity index (χ3v) is 7.62. The van der Waals surface area contributed by atoms with Gasteiger partial charge in [-0.3, -0.25) is 0 Å². The third-order valence-electron chi connectivity index (χ3n) is 7.62. The summed E-state index contributed by atoms with van der Waals surface area (Å²) in [5.74, 6) is 3.10. The molecule has 232 valence electrons. The third kappa shape index (κ3) is 7.94. The smallest absolute Gasteiger partial charge is 0.248 e. The van der Waals surface area contributed by atoms with Crippen molar-refractivity contribution in [3.8, 4) is 11.5 Å². The minimum atomic E-state index is 0.732. The molecule has 0 unspecified atom stereocenters. The summed E-state index contributed by atoms with van der Waals surface area (Å²) in [4.78, 5) is 4.92. The van der Waals surface area contributed by atoms with Crippen LogP contribution in [0.1, 0.15) is 63.6 Å². The highest BCUT2D eigenvalue weighted by atomic mass is 16.5. The number of ether oxygens (including phenoxy) is 2. The van der Waals surface area contributed by atoms with Crippen molar-refractivity contribution in [2.24, 2.45) is 10.1 Å². The van der Waals surface area contributed by atoms with Gasteiger partial charge in [0.25, 0.3) is 0 Å². The van der Waals surface area contributed by atoms with Crippen molar-refractivity contribution < 1.29 is 14.0 Å². The number of amidine groups is 1. The van der Waals surface area contributed by atoms with Crippen LogP contribution in [0.25, 0.3) is 0 Å². The number of unbranched alkanes of at least 4 members (excludes halogenated alkanes) is 1. The van der Waals surface area contributed by atoms with Gasteiger partial charge in [-0.15, -0.1) is 0 Å². The minimum Gasteiger partial charge on any atom is -0.490 e. The molecule has 0 saturated heterocycles. The lowest BCUT2D eigenvalue weighted by Crippen LogP contribution is -2.33. The molecule has 0 amide bonds. The van der Waals surface area contributed by atoms with Gasteiger partial charge in [0.2, 0.25) is 11.4 Å². The van der Waals surface area contributed by atoms with Crippen LogP contribution in [0.15, 0.2) is 88.1 Å². The maximum absolute atomic E-state index is 6.37. The summed E-state index contributed by atoms with van der Waals surface area (Å²) in [5.41, 5.74) is 7.24. The fourth-order valence-electron chi connectivity index (χ4n) is 5.08. The molecule has 8 heteroatoms. The van der Waals surface area contributed by atoms with Crippen LogP contribution in [0.2, 0.25) is 0 Å². The van der Waals surface area contributed by atoms with Crippen LogP contribution in [0.3, 0.4) is 0 Å². The zero-order chi connectivity index (χ0) is 31.5. The number of allylic oxidation sites excluding steroid dienone is 4. The van der Waals surface area contributed by atoms with E-state index < -0.39 is 0 Å². The Morgan fingerprint density at radius 1 is 1.16 bits per heavy atom. The van der Waals surface area contributed by atoms with Crippen LogP contribution in [0.5, 0.6) is 11.5 Å². The van der Waals surface area contributed by atoms with E-state index in [0.717, 1.165) is 95.8 Å². The Hall–Kier alpha value is -4.43. The van der Waals surface area contributed by atoms with Crippen LogP contribution >= 0.6 is 0 Å². The number of nitrogens with zero attached hydrogens (tertiary/aromatic N) is 4. The lowest BCUT2D eigenvalue weighted by Gasteiger charge is -2.23. The van der Waals surface area contributed by atoms with E-state index in [1.54, 1.807) is 13.3 Å². The zero-order valence-corrected chi connectivity index (χ0v) is 27.3. The van der Waals surface area contributed by atoms with Crippen LogP contribution in [-0.2, 0) is 0 Å². The molecule has 44 heavy (non-hydrogen) atoms. The van der Waals surface area contributed by atoms with Gasteiger partial charge in [-0.05, 0) is 81.5 Å². The summed E-state index contributed by atoms with van der Waals surface area (Å²) in [6, 6.07) is 10.4. The minimum absolute atomic E-state index is 0.732. The van der Waals surface area contributed by atoms with E-state index >= 15 is 0 Å². The van der Waals surface area contributed by atoms with Crippen molar-refractivity contribution in [3.05, 3.63) is 94.7 Å². The Labute approximate surface area is 262 Å². The number of benzene rings is 2. The van der Waals surface area contributed by atoms with E-state index in [2.05, 4.69) is 85.4 Å². The van der Waals surface area contributed by atoms with Crippen LogP contribution in [-0.4, -0.2) is 54.6 Å². The molecule has 0 aromatic heterocycles. The Morgan fingerprint density at radius 3 is 2.68 bits per heavy atom. The van der Waals surface area contributed by atoms with Crippen molar-refractivity contribution in [2.75, 3.05) is 32.1 Å². The van der Waals surface area contributed by atoms with E-state index in [1.807, 2.05) is 48.6 Å². The van der Waals surface area contributed by atoms with E-state index in [9.17, 15) is 0 Å². The SMILES string of the molecule is C/C=N\N1C=CC(Oc2ccc(NC(=N/C=C/CCC)c3c(C)ccc([N+]4=CCNCC4)c3OC)cc2C)=CC1=C(C)CC. The Kier molecular flexibility index (Phi) is 11.7. The summed E-state index contributed by atoms with van der Waals surface area (Å²) in [7, 11) is 1.73. The number of hydrazone groups is 1. The molecule has 2 aromatic carbocycles. The Balaban J connectivity index is 1.66. The van der Waals surface area contributed by atoms with Gasteiger partial charge in [0, 0.05) is 36.4 Å². The van der Waals surface area contributed by atoms with E-state index in [1.165, 1.54) is 5.57 Å². The lowest BCUT2D eigenvalue weighted by atomic mass is 10.0. The monoisotopic (exact) mass is 595 g/mol. The Morgan fingerprint density at radius 2 is 2.00 bits per heavy atom. The van der Waals surface area contributed by atoms with Crippen LogP contribution < -0.4 is 20.1 Å². The fourth-order valence-corrected chi connectivity index (χ4v) is 5.08. The molecule has 4 rings (SSSR count). The summed E-state index contributed by atoms with van der Waals surface area (Å²) in [6.07, 6.45) is 16.8. The van der Waals surface area contributed by atoms with E-state index in [4.69, 9.17) is 14.5 Å². The van der Waals surface area contributed by atoms with Crippen LogP contribution in [0, 0.1) is 13.8 Å². The van der Waals surface area contributed by atoms with Crippen molar-refractivity contribution in [2.45, 2.75) is 60.8 Å². The summed E-state index contributed by atoms with van der Waals surface area (Å²) >= 11 is 0. The van der Waals surface area contributed by atoms with E-state index in [-0.39, 0.29) is 0 Å². The highest BCUT2D eigenvalue weighted by Crippen LogP contribution is 2.35. The first-order chi connectivity index (χ1) is 21.4. The molecule has 0 aliphatic carbocycles. The summed E-state index contributed by atoms with van der Waals surface area (Å²) in [6.45, 7) is 15.1. The van der Waals surface area contributed by atoms with Gasteiger partial charge < -0.3 is 20.1 Å². The van der Waals surface area contributed by atoms with Gasteiger partial charge in [0.15, 0.2) is 12.8 Å². The average molecular weight is 596 g/mol. The van der Waals surface area contributed by atoms with Crippen molar-refractivity contribution in [1.29, 1.82) is 0 Å². The molecule has 0 spiro atoms. The standard InChI is InChI=1S/C36H47N6O2/c1-8-11-12-18-38-36(34-27(5)13-15-31(35(34)43-7)41-22-19-37-20-23-41)40-29-14-16-33(28(6)24-29)44-30-17-21-42(39-10-3)32(25-30)26(4)9-2/h10,12-18,21-22,24-25,37H,8-9,11,19-20,23H2,1-7H3,(H,38,40)/q+1/b18-12+,32-26?,39-10-. The largest absolute Gasteiger partial charge is 0.490 e. The lowest BCUT2D eigenvalue weighted by molar-refractivity contribution is -0.439. The maximum atomic E-state index is 6.37. The zero-order valence-electron chi connectivity index (χ0n) is 27.3. The molecule has 2 heterocycles. The normalized spacial score (nSPS) is 16.8. The first-order valence-corrected chi connectivity index (χ1v) is 15.5. The Bertz CT molecular complexity index is 1540. The molecule has 0 atom stereocenters. The molecular weight excluding hydrogens is 548 g/mol.